The minimum absolute atomic E-state index is 0.190. The topological polar surface area (TPSA) is 88.1 Å². The first-order chi connectivity index (χ1) is 12.6. The number of urea groups is 1. The third kappa shape index (κ3) is 4.08. The summed E-state index contributed by atoms with van der Waals surface area (Å²) in [4.78, 5) is 28.8. The van der Waals surface area contributed by atoms with Gasteiger partial charge in [-0.15, -0.1) is 0 Å². The van der Waals surface area contributed by atoms with E-state index in [4.69, 9.17) is 0 Å². The molecule has 1 aliphatic rings. The molecule has 0 fully saturated rings. The number of carbonyl (C=O) groups is 2. The van der Waals surface area contributed by atoms with Crippen LogP contribution in [0.15, 0.2) is 59.2 Å². The molecule has 3 amide bonds. The molecule has 2 heterocycles. The van der Waals surface area contributed by atoms with Gasteiger partial charge in [0, 0.05) is 37.4 Å². The number of aromatic nitrogens is 2. The molecule has 26 heavy (non-hydrogen) atoms. The quantitative estimate of drug-likeness (QED) is 0.535. The molecule has 3 N–H and O–H groups in total. The van der Waals surface area contributed by atoms with Crippen molar-refractivity contribution in [1.82, 2.24) is 25.5 Å². The van der Waals surface area contributed by atoms with E-state index in [1.807, 2.05) is 48.1 Å². The summed E-state index contributed by atoms with van der Waals surface area (Å²) in [5.41, 5.74) is 1.96. The van der Waals surface area contributed by atoms with E-state index >= 15 is 0 Å². The second-order valence-electron chi connectivity index (χ2n) is 5.91. The Kier molecular flexibility index (Phi) is 5.62. The predicted molar refractivity (Wildman–Crippen MR) is 100 cm³/mol. The van der Waals surface area contributed by atoms with Gasteiger partial charge in [0.25, 0.3) is 5.91 Å². The SMILES string of the molecule is CC1=C(C(=O)NCCSc2nccn2C)C(c2ccccc2)NC(=O)N1. The van der Waals surface area contributed by atoms with Gasteiger partial charge in [-0.05, 0) is 12.5 Å². The molecule has 2 aromatic rings. The minimum Gasteiger partial charge on any atom is -0.351 e. The van der Waals surface area contributed by atoms with Crippen molar-refractivity contribution in [2.75, 3.05) is 12.3 Å². The van der Waals surface area contributed by atoms with Crippen LogP contribution < -0.4 is 16.0 Å². The molecule has 0 saturated carbocycles. The molecule has 0 saturated heterocycles. The first kappa shape index (κ1) is 18.1. The average Bonchev–Trinajstić information content (AvgIpc) is 3.03. The first-order valence-electron chi connectivity index (χ1n) is 8.28. The van der Waals surface area contributed by atoms with Gasteiger partial charge in [0.15, 0.2) is 5.16 Å². The number of benzene rings is 1. The van der Waals surface area contributed by atoms with E-state index in [0.29, 0.717) is 23.6 Å². The molecule has 8 heteroatoms. The molecule has 0 bridgehead atoms. The maximum Gasteiger partial charge on any atom is 0.319 e. The Morgan fingerprint density at radius 3 is 2.81 bits per heavy atom. The van der Waals surface area contributed by atoms with Gasteiger partial charge in [-0.2, -0.15) is 0 Å². The highest BCUT2D eigenvalue weighted by molar-refractivity contribution is 7.99. The summed E-state index contributed by atoms with van der Waals surface area (Å²) in [5.74, 6) is 0.517. The van der Waals surface area contributed by atoms with Gasteiger partial charge < -0.3 is 20.5 Å². The molecule has 7 nitrogen and oxygen atoms in total. The van der Waals surface area contributed by atoms with Crippen molar-refractivity contribution in [2.45, 2.75) is 18.1 Å². The molecular weight excluding hydrogens is 350 g/mol. The van der Waals surface area contributed by atoms with Crippen LogP contribution in [0.2, 0.25) is 0 Å². The molecule has 1 unspecified atom stereocenters. The Hall–Kier alpha value is -2.74. The number of nitrogens with one attached hydrogen (secondary N) is 3. The zero-order valence-electron chi connectivity index (χ0n) is 14.7. The van der Waals surface area contributed by atoms with Crippen molar-refractivity contribution in [2.24, 2.45) is 7.05 Å². The van der Waals surface area contributed by atoms with Crippen molar-refractivity contribution < 1.29 is 9.59 Å². The van der Waals surface area contributed by atoms with Crippen LogP contribution in [0, 0.1) is 0 Å². The molecule has 1 aromatic heterocycles. The van der Waals surface area contributed by atoms with Gasteiger partial charge in [0.2, 0.25) is 0 Å². The second-order valence-corrected chi connectivity index (χ2v) is 6.97. The largest absolute Gasteiger partial charge is 0.351 e. The van der Waals surface area contributed by atoms with Crippen LogP contribution in [-0.2, 0) is 11.8 Å². The summed E-state index contributed by atoms with van der Waals surface area (Å²) in [7, 11) is 1.93. The molecular formula is C18H21N5O2S. The van der Waals surface area contributed by atoms with Crippen molar-refractivity contribution in [3.05, 3.63) is 59.6 Å². The monoisotopic (exact) mass is 371 g/mol. The van der Waals surface area contributed by atoms with Crippen LogP contribution in [0.3, 0.4) is 0 Å². The Morgan fingerprint density at radius 2 is 2.12 bits per heavy atom. The summed E-state index contributed by atoms with van der Waals surface area (Å²) in [6.45, 7) is 2.24. The van der Waals surface area contributed by atoms with Crippen LogP contribution >= 0.6 is 11.8 Å². The molecule has 1 aromatic carbocycles. The summed E-state index contributed by atoms with van der Waals surface area (Å²) in [6, 6.07) is 8.69. The Morgan fingerprint density at radius 1 is 1.35 bits per heavy atom. The van der Waals surface area contributed by atoms with Crippen molar-refractivity contribution in [3.8, 4) is 0 Å². The number of amides is 3. The number of rotatable bonds is 6. The van der Waals surface area contributed by atoms with Crippen molar-refractivity contribution >= 4 is 23.7 Å². The fraction of sp³-hybridized carbons (Fsp3) is 0.278. The third-order valence-corrected chi connectivity index (χ3v) is 5.10. The number of aryl methyl sites for hydroxylation is 1. The highest BCUT2D eigenvalue weighted by Gasteiger charge is 2.30. The Labute approximate surface area is 156 Å². The summed E-state index contributed by atoms with van der Waals surface area (Å²) < 4.78 is 1.94. The van der Waals surface area contributed by atoms with Gasteiger partial charge in [0.05, 0.1) is 11.6 Å². The molecule has 3 rings (SSSR count). The summed E-state index contributed by atoms with van der Waals surface area (Å²) in [6.07, 6.45) is 3.63. The molecule has 0 spiro atoms. The van der Waals surface area contributed by atoms with Crippen LogP contribution in [0.25, 0.3) is 0 Å². The van der Waals surface area contributed by atoms with E-state index in [2.05, 4.69) is 20.9 Å². The van der Waals surface area contributed by atoms with E-state index in [0.717, 1.165) is 10.7 Å². The molecule has 136 valence electrons. The number of hydrogen-bond donors (Lipinski definition) is 3. The van der Waals surface area contributed by atoms with Gasteiger partial charge in [-0.25, -0.2) is 9.78 Å². The fourth-order valence-electron chi connectivity index (χ4n) is 2.78. The predicted octanol–water partition coefficient (Wildman–Crippen LogP) is 1.96. The lowest BCUT2D eigenvalue weighted by molar-refractivity contribution is -0.117. The molecule has 0 aliphatic carbocycles. The number of imidazole rings is 1. The lowest BCUT2D eigenvalue weighted by atomic mass is 9.95. The highest BCUT2D eigenvalue weighted by Crippen LogP contribution is 2.26. The molecule has 1 atom stereocenters. The zero-order chi connectivity index (χ0) is 18.5. The lowest BCUT2D eigenvalue weighted by Gasteiger charge is -2.28. The standard InChI is InChI=1S/C18H21N5O2S/c1-12-14(15(22-17(25)21-12)13-6-4-3-5-7-13)16(24)19-9-11-26-18-20-8-10-23(18)2/h3-8,10,15H,9,11H2,1-2H3,(H,19,24)(H2,21,22,25). The number of carbonyl (C=O) groups excluding carboxylic acids is 2. The van der Waals surface area contributed by atoms with E-state index in [-0.39, 0.29) is 11.9 Å². The number of thioether (sulfide) groups is 1. The zero-order valence-corrected chi connectivity index (χ0v) is 15.5. The normalized spacial score (nSPS) is 16.8. The van der Waals surface area contributed by atoms with Gasteiger partial charge in [-0.1, -0.05) is 42.1 Å². The number of hydrogen-bond acceptors (Lipinski definition) is 4. The van der Waals surface area contributed by atoms with E-state index in [1.54, 1.807) is 24.9 Å². The second kappa shape index (κ2) is 8.09. The van der Waals surface area contributed by atoms with E-state index < -0.39 is 6.04 Å². The third-order valence-electron chi connectivity index (χ3n) is 4.04. The maximum absolute atomic E-state index is 12.7. The van der Waals surface area contributed by atoms with Gasteiger partial charge in [-0.3, -0.25) is 4.79 Å². The van der Waals surface area contributed by atoms with Gasteiger partial charge in [0.1, 0.15) is 0 Å². The lowest BCUT2D eigenvalue weighted by Crippen LogP contribution is -2.47. The molecule has 0 radical (unpaired) electrons. The van der Waals surface area contributed by atoms with E-state index in [9.17, 15) is 9.59 Å². The number of nitrogens with zero attached hydrogens (tertiary/aromatic N) is 2. The first-order valence-corrected chi connectivity index (χ1v) is 9.26. The Balaban J connectivity index is 1.66. The van der Waals surface area contributed by atoms with Crippen LogP contribution in [0.5, 0.6) is 0 Å². The average molecular weight is 371 g/mol. The highest BCUT2D eigenvalue weighted by atomic mass is 32.2. The molecule has 1 aliphatic heterocycles. The van der Waals surface area contributed by atoms with Gasteiger partial charge >= 0.3 is 6.03 Å². The smallest absolute Gasteiger partial charge is 0.319 e. The Bertz CT molecular complexity index is 831. The summed E-state index contributed by atoms with van der Waals surface area (Å²) in [5, 5.41) is 9.35. The van der Waals surface area contributed by atoms with E-state index in [1.165, 1.54) is 0 Å². The van der Waals surface area contributed by atoms with Crippen molar-refractivity contribution in [3.63, 3.8) is 0 Å². The van der Waals surface area contributed by atoms with Crippen LogP contribution in [0.4, 0.5) is 4.79 Å². The fourth-order valence-corrected chi connectivity index (χ4v) is 3.57. The maximum atomic E-state index is 12.7. The van der Waals surface area contributed by atoms with Crippen LogP contribution in [-0.4, -0.2) is 33.8 Å². The summed E-state index contributed by atoms with van der Waals surface area (Å²) >= 11 is 1.58. The minimum atomic E-state index is -0.466. The van der Waals surface area contributed by atoms with Crippen molar-refractivity contribution in [1.29, 1.82) is 0 Å². The van der Waals surface area contributed by atoms with Crippen LogP contribution in [0.1, 0.15) is 18.5 Å². The number of allylic oxidation sites excluding steroid dienone is 1.